The van der Waals surface area contributed by atoms with Crippen LogP contribution in [0.4, 0.5) is 0 Å². The van der Waals surface area contributed by atoms with Gasteiger partial charge in [0.25, 0.3) is 0 Å². The monoisotopic (exact) mass is 872 g/mol. The molecule has 0 amide bonds. The molecule has 14 heteroatoms. The zero-order chi connectivity index (χ0) is 44.7. The first kappa shape index (κ1) is 47.6. The average molecular weight is 873 g/mol. The Kier molecular flexibility index (Phi) is 15.1. The van der Waals surface area contributed by atoms with E-state index in [0.29, 0.717) is 43.3 Å². The van der Waals surface area contributed by atoms with Crippen molar-refractivity contribution in [1.29, 1.82) is 0 Å². The van der Waals surface area contributed by atoms with Gasteiger partial charge in [0.05, 0.1) is 49.3 Å². The summed E-state index contributed by atoms with van der Waals surface area (Å²) in [6.45, 7) is 16.1. The summed E-state index contributed by atoms with van der Waals surface area (Å²) in [6, 6.07) is 0. The molecule has 6 aliphatic heterocycles. The Balaban J connectivity index is 1.18. The first-order valence-electron chi connectivity index (χ1n) is 22.9. The van der Waals surface area contributed by atoms with E-state index in [-0.39, 0.29) is 42.7 Å². The number of fused-ring (bicyclic) bond motifs is 2. The lowest BCUT2D eigenvalue weighted by Gasteiger charge is -2.48. The van der Waals surface area contributed by atoms with Crippen molar-refractivity contribution in [2.75, 3.05) is 20.8 Å². The molecule has 0 radical (unpaired) electrons. The van der Waals surface area contributed by atoms with Crippen LogP contribution in [0.3, 0.4) is 0 Å². The van der Waals surface area contributed by atoms with Crippen LogP contribution in [0.15, 0.2) is 59.3 Å². The van der Waals surface area contributed by atoms with Crippen molar-refractivity contribution in [2.45, 2.75) is 191 Å². The Labute approximate surface area is 367 Å². The first-order chi connectivity index (χ1) is 29.5. The Morgan fingerprint density at radius 1 is 0.887 bits per heavy atom. The molecule has 3 N–H and O–H groups in total. The second-order valence-corrected chi connectivity index (χ2v) is 19.0. The van der Waals surface area contributed by atoms with Gasteiger partial charge in [-0.25, -0.2) is 0 Å². The molecule has 0 aromatic carbocycles. The molecule has 0 aromatic heterocycles. The van der Waals surface area contributed by atoms with Gasteiger partial charge in [-0.3, -0.25) is 4.79 Å². The summed E-state index contributed by atoms with van der Waals surface area (Å²) in [4.78, 5) is 14.3. The Morgan fingerprint density at radius 3 is 2.32 bits per heavy atom. The molecule has 20 atom stereocenters. The lowest BCUT2D eigenvalue weighted by atomic mass is 9.71. The van der Waals surface area contributed by atoms with E-state index >= 15 is 0 Å². The van der Waals surface area contributed by atoms with Crippen LogP contribution in [-0.4, -0.2) is 139 Å². The lowest BCUT2D eigenvalue weighted by Crippen LogP contribution is -2.58. The van der Waals surface area contributed by atoms with E-state index in [0.717, 1.165) is 12.0 Å². The molecule has 4 fully saturated rings. The molecule has 4 saturated heterocycles. The maximum Gasteiger partial charge on any atom is 0.316 e. The van der Waals surface area contributed by atoms with Gasteiger partial charge in [0.15, 0.2) is 18.4 Å². The number of aliphatic hydroxyl groups is 3. The van der Waals surface area contributed by atoms with Crippen LogP contribution in [0.25, 0.3) is 0 Å². The van der Waals surface area contributed by atoms with Gasteiger partial charge in [-0.2, -0.15) is 0 Å². The van der Waals surface area contributed by atoms with E-state index in [9.17, 15) is 20.1 Å². The molecule has 7 aliphatic rings. The van der Waals surface area contributed by atoms with Crippen molar-refractivity contribution in [1.82, 2.24) is 0 Å². The second-order valence-electron chi connectivity index (χ2n) is 19.0. The lowest BCUT2D eigenvalue weighted by molar-refractivity contribution is -0.318. The highest BCUT2D eigenvalue weighted by Gasteiger charge is 2.60. The molecule has 348 valence electrons. The molecule has 14 nitrogen and oxygen atoms in total. The molecular weight excluding hydrogens is 801 g/mol. The number of hydrogen-bond donors (Lipinski definition) is 3. The number of methoxy groups -OCH3 is 2. The molecule has 2 bridgehead atoms. The number of esters is 1. The van der Waals surface area contributed by atoms with Gasteiger partial charge in [0, 0.05) is 51.7 Å². The molecule has 0 aromatic rings. The Bertz CT molecular complexity index is 1730. The van der Waals surface area contributed by atoms with E-state index in [1.54, 1.807) is 40.2 Å². The molecule has 6 heterocycles. The Hall–Kier alpha value is -2.31. The predicted molar refractivity (Wildman–Crippen MR) is 227 cm³/mol. The van der Waals surface area contributed by atoms with Crippen molar-refractivity contribution in [3.8, 4) is 0 Å². The molecule has 7 rings (SSSR count). The minimum absolute atomic E-state index is 0.0317. The van der Waals surface area contributed by atoms with E-state index in [1.165, 1.54) is 0 Å². The van der Waals surface area contributed by atoms with Crippen LogP contribution >= 0.6 is 0 Å². The number of hydrogen-bond acceptors (Lipinski definition) is 14. The third-order valence-electron chi connectivity index (χ3n) is 14.5. The fraction of sp³-hybridized carbons (Fsp3) is 0.771. The zero-order valence-electron chi connectivity index (χ0n) is 38.2. The smallest absolute Gasteiger partial charge is 0.316 e. The van der Waals surface area contributed by atoms with Crippen molar-refractivity contribution < 1.29 is 67.5 Å². The molecule has 62 heavy (non-hydrogen) atoms. The number of rotatable bonds is 8. The fourth-order valence-electron chi connectivity index (χ4n) is 10.6. The van der Waals surface area contributed by atoms with E-state index < -0.39 is 90.8 Å². The van der Waals surface area contributed by atoms with Gasteiger partial charge in [-0.05, 0) is 62.8 Å². The summed E-state index contributed by atoms with van der Waals surface area (Å²) < 4.78 is 63.7. The van der Waals surface area contributed by atoms with Gasteiger partial charge in [0.1, 0.15) is 42.0 Å². The van der Waals surface area contributed by atoms with E-state index in [4.69, 9.17) is 47.4 Å². The van der Waals surface area contributed by atoms with Crippen molar-refractivity contribution in [3.63, 3.8) is 0 Å². The number of carbonyl (C=O) groups is 1. The van der Waals surface area contributed by atoms with Gasteiger partial charge < -0.3 is 62.7 Å². The quantitative estimate of drug-likeness (QED) is 0.210. The molecule has 1 spiro atoms. The molecule has 1 aliphatic carbocycles. The topological polar surface area (TPSA) is 170 Å². The number of ether oxygens (including phenoxy) is 10. The number of carbonyl (C=O) groups excluding carboxylic acids is 1. The second kappa shape index (κ2) is 19.7. The molecular formula is C48H72O14. The summed E-state index contributed by atoms with van der Waals surface area (Å²) >= 11 is 0. The summed E-state index contributed by atoms with van der Waals surface area (Å²) in [6.07, 6.45) is 8.55. The summed E-state index contributed by atoms with van der Waals surface area (Å²) in [5.41, 5.74) is 0.134. The predicted octanol–water partition coefficient (Wildman–Crippen LogP) is 5.38. The first-order valence-corrected chi connectivity index (χ1v) is 22.9. The minimum Gasteiger partial charge on any atom is -0.462 e. The van der Waals surface area contributed by atoms with Crippen LogP contribution in [0.1, 0.15) is 93.9 Å². The van der Waals surface area contributed by atoms with Crippen LogP contribution < -0.4 is 0 Å². The molecule has 0 saturated carbocycles. The normalized spacial score (nSPS) is 49.1. The number of aliphatic hydroxyl groups excluding tert-OH is 2. The van der Waals surface area contributed by atoms with Gasteiger partial charge >= 0.3 is 5.97 Å². The maximum absolute atomic E-state index is 14.3. The summed E-state index contributed by atoms with van der Waals surface area (Å²) in [5, 5.41) is 34.2. The van der Waals surface area contributed by atoms with Crippen LogP contribution in [-0.2, 0) is 52.2 Å². The minimum atomic E-state index is -1.84. The average Bonchev–Trinajstić information content (AvgIpc) is 3.58. The highest BCUT2D eigenvalue weighted by Crippen LogP contribution is 2.47. The summed E-state index contributed by atoms with van der Waals surface area (Å²) in [7, 11) is 3.22. The third kappa shape index (κ3) is 9.64. The Morgan fingerprint density at radius 2 is 1.60 bits per heavy atom. The van der Waals surface area contributed by atoms with Gasteiger partial charge in [-0.1, -0.05) is 70.6 Å². The van der Waals surface area contributed by atoms with Crippen molar-refractivity contribution in [2.24, 2.45) is 23.7 Å². The van der Waals surface area contributed by atoms with Crippen molar-refractivity contribution in [3.05, 3.63) is 59.3 Å². The molecule has 11 unspecified atom stereocenters. The maximum atomic E-state index is 14.3. The van der Waals surface area contributed by atoms with E-state index in [1.807, 2.05) is 32.1 Å². The summed E-state index contributed by atoms with van der Waals surface area (Å²) in [5.74, 6) is -2.56. The van der Waals surface area contributed by atoms with Gasteiger partial charge in [-0.15, -0.1) is 0 Å². The van der Waals surface area contributed by atoms with Crippen LogP contribution in [0, 0.1) is 23.7 Å². The largest absolute Gasteiger partial charge is 0.462 e. The van der Waals surface area contributed by atoms with Crippen LogP contribution in [0.5, 0.6) is 0 Å². The third-order valence-corrected chi connectivity index (χ3v) is 14.5. The highest BCUT2D eigenvalue weighted by atomic mass is 16.7. The van der Waals surface area contributed by atoms with E-state index in [2.05, 4.69) is 39.8 Å². The number of allylic oxidation sites excluding steroid dienone is 2. The SMILES string of the molecule is CCC(C)[C@H]1O[C@]2(C=C[C@@H]1C)C[C@@H]1C[C@@H](C/C=C(\C)C(OC3CC(OC)C(OC4CC(OC)C(O)C(C)O4)C(C)O3)[C@@H](C)/C=C/C=C3\CO[C@@H]4[C@H](O)C(C)=CC(C(=O)O1)[C@]34O)O2. The van der Waals surface area contributed by atoms with Crippen LogP contribution in [0.2, 0.25) is 0 Å². The highest BCUT2D eigenvalue weighted by molar-refractivity contribution is 5.78. The fourth-order valence-corrected chi connectivity index (χ4v) is 10.6. The van der Waals surface area contributed by atoms with Crippen molar-refractivity contribution >= 4 is 5.97 Å². The van der Waals surface area contributed by atoms with Gasteiger partial charge in [0.2, 0.25) is 0 Å². The zero-order valence-corrected chi connectivity index (χ0v) is 38.2. The standard InChI is InChI=1S/C48H72O14/c1-11-25(2)43-28(5)17-18-47(62-43)23-34-20-33(61-47)16-15-27(4)42(26(3)13-12-14-32-24-55-45-40(49)29(6)19-35(46(51)58-34)48(32,45)52)59-39-22-37(54-10)44(31(8)57-39)60-38-21-36(53-9)41(50)30(7)56-38/h12-15,17-19,25-26,28,30-31,33-45,49-50,52H,11,16,20-24H2,1-10H3/b13-12+,27-15+,32-14+/t25?,26-,28-,30?,31?,33+,34-,35?,36?,37?,38?,39?,40+,41?,42?,43+,44?,45+,47+,48+/m0/s1.